The summed E-state index contributed by atoms with van der Waals surface area (Å²) in [7, 11) is 1.88. The van der Waals surface area contributed by atoms with E-state index in [2.05, 4.69) is 16.5 Å². The number of carbonyl (C=O) groups excluding carboxylic acids is 1. The van der Waals surface area contributed by atoms with Crippen LogP contribution in [-0.4, -0.2) is 15.7 Å². The highest BCUT2D eigenvalue weighted by atomic mass is 16.5. The molecule has 0 saturated heterocycles. The summed E-state index contributed by atoms with van der Waals surface area (Å²) in [6.45, 7) is 0.352. The standard InChI is InChI=1S/C23H22N4O2/c1-27-14-18(13-25-27)20-12-21(20)23(28)26-22-5-3-2-4-17(22)15-29-19-8-6-16(7-9-19)10-11-24/h2-9,13-14,20-21H,10,12,15H2,1H3,(H,26,28). The van der Waals surface area contributed by atoms with Crippen LogP contribution in [0, 0.1) is 17.2 Å². The molecule has 29 heavy (non-hydrogen) atoms. The average molecular weight is 386 g/mol. The van der Waals surface area contributed by atoms with Crippen LogP contribution in [0.5, 0.6) is 5.75 Å². The normalized spacial score (nSPS) is 17.4. The van der Waals surface area contributed by atoms with Gasteiger partial charge in [0.2, 0.25) is 5.91 Å². The molecule has 0 aliphatic heterocycles. The number of nitrogens with zero attached hydrogens (tertiary/aromatic N) is 3. The molecule has 3 aromatic rings. The number of hydrogen-bond acceptors (Lipinski definition) is 4. The van der Waals surface area contributed by atoms with E-state index >= 15 is 0 Å². The van der Waals surface area contributed by atoms with Gasteiger partial charge in [-0.1, -0.05) is 30.3 Å². The van der Waals surface area contributed by atoms with Crippen LogP contribution >= 0.6 is 0 Å². The van der Waals surface area contributed by atoms with Crippen molar-refractivity contribution in [3.8, 4) is 11.8 Å². The Balaban J connectivity index is 1.37. The minimum atomic E-state index is -0.0131. The van der Waals surface area contributed by atoms with Crippen molar-refractivity contribution >= 4 is 11.6 Å². The van der Waals surface area contributed by atoms with Gasteiger partial charge in [0.15, 0.2) is 0 Å². The van der Waals surface area contributed by atoms with Gasteiger partial charge in [-0.25, -0.2) is 0 Å². The van der Waals surface area contributed by atoms with Crippen LogP contribution < -0.4 is 10.1 Å². The molecule has 1 aliphatic carbocycles. The molecule has 0 spiro atoms. The first-order valence-corrected chi connectivity index (χ1v) is 9.60. The third-order valence-corrected chi connectivity index (χ3v) is 5.16. The van der Waals surface area contributed by atoms with Gasteiger partial charge in [-0.15, -0.1) is 0 Å². The predicted octanol–water partition coefficient (Wildman–Crippen LogP) is 3.81. The quantitative estimate of drug-likeness (QED) is 0.670. The molecule has 0 radical (unpaired) electrons. The number of carbonyl (C=O) groups is 1. The second kappa shape index (κ2) is 8.19. The number of nitrogens with one attached hydrogen (secondary N) is 1. The number of benzene rings is 2. The van der Waals surface area contributed by atoms with Gasteiger partial charge in [0.25, 0.3) is 0 Å². The van der Waals surface area contributed by atoms with E-state index in [9.17, 15) is 4.79 Å². The molecule has 6 nitrogen and oxygen atoms in total. The van der Waals surface area contributed by atoms with Crippen LogP contribution in [0.2, 0.25) is 0 Å². The van der Waals surface area contributed by atoms with Gasteiger partial charge in [0, 0.05) is 30.4 Å². The molecule has 146 valence electrons. The number of hydrogen-bond donors (Lipinski definition) is 1. The van der Waals surface area contributed by atoms with E-state index in [-0.39, 0.29) is 17.7 Å². The second-order valence-corrected chi connectivity index (χ2v) is 7.31. The summed E-state index contributed by atoms with van der Waals surface area (Å²) in [4.78, 5) is 12.7. The molecular weight excluding hydrogens is 364 g/mol. The highest BCUT2D eigenvalue weighted by Gasteiger charge is 2.44. The average Bonchev–Trinajstić information content (AvgIpc) is 3.42. The predicted molar refractivity (Wildman–Crippen MR) is 109 cm³/mol. The number of nitriles is 1. The number of anilines is 1. The third kappa shape index (κ3) is 4.46. The Kier molecular flexibility index (Phi) is 5.30. The summed E-state index contributed by atoms with van der Waals surface area (Å²) in [5.74, 6) is 0.999. The molecule has 1 amide bonds. The lowest BCUT2D eigenvalue weighted by molar-refractivity contribution is -0.117. The van der Waals surface area contributed by atoms with Gasteiger partial charge in [0.05, 0.1) is 18.7 Å². The van der Waals surface area contributed by atoms with E-state index < -0.39 is 0 Å². The molecule has 2 aromatic carbocycles. The highest BCUT2D eigenvalue weighted by Crippen LogP contribution is 2.47. The summed E-state index contributed by atoms with van der Waals surface area (Å²) < 4.78 is 7.64. The SMILES string of the molecule is Cn1cc(C2CC2C(=O)Nc2ccccc2COc2ccc(CC#N)cc2)cn1. The minimum absolute atomic E-state index is 0.0131. The zero-order valence-corrected chi connectivity index (χ0v) is 16.2. The first-order chi connectivity index (χ1) is 14.1. The largest absolute Gasteiger partial charge is 0.489 e. The van der Waals surface area contributed by atoms with Crippen molar-refractivity contribution in [2.75, 3.05) is 5.32 Å². The lowest BCUT2D eigenvalue weighted by atomic mass is 10.1. The zero-order chi connectivity index (χ0) is 20.2. The Morgan fingerprint density at radius 2 is 2.07 bits per heavy atom. The molecule has 1 aliphatic rings. The first-order valence-electron chi connectivity index (χ1n) is 9.60. The third-order valence-electron chi connectivity index (χ3n) is 5.16. The number of aryl methyl sites for hydroxylation is 1. The van der Waals surface area contributed by atoms with Crippen molar-refractivity contribution in [1.82, 2.24) is 9.78 Å². The van der Waals surface area contributed by atoms with Crippen molar-refractivity contribution in [1.29, 1.82) is 5.26 Å². The molecule has 6 heteroatoms. The monoisotopic (exact) mass is 386 g/mol. The molecule has 1 aromatic heterocycles. The minimum Gasteiger partial charge on any atom is -0.489 e. The number of rotatable bonds is 7. The lowest BCUT2D eigenvalue weighted by Crippen LogP contribution is -2.16. The Morgan fingerprint density at radius 1 is 1.28 bits per heavy atom. The summed E-state index contributed by atoms with van der Waals surface area (Å²) in [5.41, 5.74) is 3.76. The van der Waals surface area contributed by atoms with Gasteiger partial charge in [-0.3, -0.25) is 9.48 Å². The summed E-state index contributed by atoms with van der Waals surface area (Å²) in [6.07, 6.45) is 5.05. The van der Waals surface area contributed by atoms with E-state index in [0.717, 1.165) is 34.5 Å². The van der Waals surface area contributed by atoms with Gasteiger partial charge in [-0.05, 0) is 41.7 Å². The molecule has 1 heterocycles. The van der Waals surface area contributed by atoms with E-state index in [1.807, 2.05) is 68.0 Å². The van der Waals surface area contributed by atoms with Crippen molar-refractivity contribution in [2.24, 2.45) is 13.0 Å². The van der Waals surface area contributed by atoms with Crippen LogP contribution in [0.15, 0.2) is 60.9 Å². The van der Waals surface area contributed by atoms with Crippen LogP contribution in [0.25, 0.3) is 0 Å². The second-order valence-electron chi connectivity index (χ2n) is 7.31. The van der Waals surface area contributed by atoms with Crippen LogP contribution in [0.4, 0.5) is 5.69 Å². The zero-order valence-electron chi connectivity index (χ0n) is 16.2. The molecular formula is C23H22N4O2. The number of aromatic nitrogens is 2. The fourth-order valence-electron chi connectivity index (χ4n) is 3.43. The van der Waals surface area contributed by atoms with E-state index in [1.165, 1.54) is 0 Å². The Hall–Kier alpha value is -3.59. The molecule has 4 rings (SSSR count). The van der Waals surface area contributed by atoms with Gasteiger partial charge in [-0.2, -0.15) is 10.4 Å². The maximum Gasteiger partial charge on any atom is 0.228 e. The topological polar surface area (TPSA) is 79.9 Å². The number of ether oxygens (including phenoxy) is 1. The van der Waals surface area contributed by atoms with E-state index in [0.29, 0.717) is 13.0 Å². The van der Waals surface area contributed by atoms with Gasteiger partial charge in [0.1, 0.15) is 12.4 Å². The Morgan fingerprint density at radius 3 is 2.79 bits per heavy atom. The molecule has 2 atom stereocenters. The van der Waals surface area contributed by atoms with E-state index in [1.54, 1.807) is 4.68 Å². The van der Waals surface area contributed by atoms with Crippen molar-refractivity contribution in [3.05, 3.63) is 77.6 Å². The van der Waals surface area contributed by atoms with Crippen LogP contribution in [0.3, 0.4) is 0 Å². The van der Waals surface area contributed by atoms with Crippen LogP contribution in [0.1, 0.15) is 29.0 Å². The number of para-hydroxylation sites is 1. The fourth-order valence-corrected chi connectivity index (χ4v) is 3.43. The maximum absolute atomic E-state index is 12.7. The maximum atomic E-state index is 12.7. The Bertz CT molecular complexity index is 1050. The molecule has 1 N–H and O–H groups in total. The van der Waals surface area contributed by atoms with Crippen molar-refractivity contribution < 1.29 is 9.53 Å². The highest BCUT2D eigenvalue weighted by molar-refractivity contribution is 5.95. The first kappa shape index (κ1) is 18.8. The van der Waals surface area contributed by atoms with Crippen molar-refractivity contribution in [3.63, 3.8) is 0 Å². The lowest BCUT2D eigenvalue weighted by Gasteiger charge is -2.12. The van der Waals surface area contributed by atoms with Crippen LogP contribution in [-0.2, 0) is 24.9 Å². The van der Waals surface area contributed by atoms with Gasteiger partial charge < -0.3 is 10.1 Å². The fraction of sp³-hybridized carbons (Fsp3) is 0.261. The Labute approximate surface area is 169 Å². The summed E-state index contributed by atoms with van der Waals surface area (Å²) in [6, 6.07) is 17.3. The molecule has 0 bridgehead atoms. The smallest absolute Gasteiger partial charge is 0.228 e. The number of amides is 1. The van der Waals surface area contributed by atoms with Gasteiger partial charge >= 0.3 is 0 Å². The molecule has 1 fully saturated rings. The van der Waals surface area contributed by atoms with E-state index in [4.69, 9.17) is 10.00 Å². The summed E-state index contributed by atoms with van der Waals surface area (Å²) >= 11 is 0. The molecule has 2 unspecified atom stereocenters. The molecule has 1 saturated carbocycles. The van der Waals surface area contributed by atoms with Crippen molar-refractivity contribution in [2.45, 2.75) is 25.4 Å². The summed E-state index contributed by atoms with van der Waals surface area (Å²) in [5, 5.41) is 16.0.